The summed E-state index contributed by atoms with van der Waals surface area (Å²) < 4.78 is 4.65. The molecule has 0 aliphatic rings. The summed E-state index contributed by atoms with van der Waals surface area (Å²) in [5.74, 6) is -1.32. The van der Waals surface area contributed by atoms with Gasteiger partial charge < -0.3 is 20.9 Å². The monoisotopic (exact) mass is 266 g/mol. The van der Waals surface area contributed by atoms with Gasteiger partial charge in [-0.3, -0.25) is 4.79 Å². The highest BCUT2D eigenvalue weighted by Gasteiger charge is 2.22. The predicted octanol–water partition coefficient (Wildman–Crippen LogP) is -0.314. The zero-order valence-electron chi connectivity index (χ0n) is 10.8. The standard InChI is InChI=1S/C13H18N2O4/c1-2-19-13(18)11(14)12(17)15-7-9-3-5-10(8-16)6-4-9/h3-6,11,16H,2,7-8,14H2,1H3,(H,15,17). The fourth-order valence-corrected chi connectivity index (χ4v) is 1.40. The maximum atomic E-state index is 11.6. The lowest BCUT2D eigenvalue weighted by molar-refractivity contribution is -0.148. The van der Waals surface area contributed by atoms with Crippen molar-refractivity contribution < 1.29 is 19.4 Å². The van der Waals surface area contributed by atoms with Crippen molar-refractivity contribution in [2.75, 3.05) is 6.61 Å². The molecule has 0 bridgehead atoms. The van der Waals surface area contributed by atoms with Gasteiger partial charge in [0.2, 0.25) is 5.91 Å². The highest BCUT2D eigenvalue weighted by atomic mass is 16.5. The van der Waals surface area contributed by atoms with Crippen molar-refractivity contribution in [1.29, 1.82) is 0 Å². The summed E-state index contributed by atoms with van der Waals surface area (Å²) in [7, 11) is 0. The molecule has 104 valence electrons. The molecule has 0 aromatic heterocycles. The van der Waals surface area contributed by atoms with Crippen LogP contribution in [0.1, 0.15) is 18.1 Å². The Morgan fingerprint density at radius 2 is 1.89 bits per heavy atom. The minimum absolute atomic E-state index is 0.0274. The van der Waals surface area contributed by atoms with E-state index in [0.29, 0.717) is 0 Å². The van der Waals surface area contributed by atoms with Crippen molar-refractivity contribution in [1.82, 2.24) is 5.32 Å². The first-order valence-corrected chi connectivity index (χ1v) is 5.97. The lowest BCUT2D eigenvalue weighted by atomic mass is 10.1. The summed E-state index contributed by atoms with van der Waals surface area (Å²) in [5.41, 5.74) is 7.08. The number of nitrogens with two attached hydrogens (primary N) is 1. The molecule has 0 spiro atoms. The molecule has 1 aromatic rings. The topological polar surface area (TPSA) is 102 Å². The van der Waals surface area contributed by atoms with Crippen molar-refractivity contribution in [3.05, 3.63) is 35.4 Å². The van der Waals surface area contributed by atoms with Gasteiger partial charge in [-0.1, -0.05) is 24.3 Å². The van der Waals surface area contributed by atoms with E-state index in [4.69, 9.17) is 10.8 Å². The second-order valence-electron chi connectivity index (χ2n) is 3.92. The van der Waals surface area contributed by atoms with Crippen LogP contribution in [0.5, 0.6) is 0 Å². The summed E-state index contributed by atoms with van der Waals surface area (Å²) in [6.07, 6.45) is 0. The summed E-state index contributed by atoms with van der Waals surface area (Å²) in [4.78, 5) is 22.8. The summed E-state index contributed by atoms with van der Waals surface area (Å²) in [5, 5.41) is 11.4. The molecule has 0 heterocycles. The van der Waals surface area contributed by atoms with Crippen LogP contribution in [0.3, 0.4) is 0 Å². The van der Waals surface area contributed by atoms with Crippen LogP contribution >= 0.6 is 0 Å². The number of ether oxygens (including phenoxy) is 1. The Balaban J connectivity index is 2.46. The van der Waals surface area contributed by atoms with Gasteiger partial charge in [0.25, 0.3) is 0 Å². The Labute approximate surface area is 111 Å². The third-order valence-corrected chi connectivity index (χ3v) is 2.50. The molecule has 0 saturated heterocycles. The maximum absolute atomic E-state index is 11.6. The maximum Gasteiger partial charge on any atom is 0.332 e. The molecular weight excluding hydrogens is 248 g/mol. The van der Waals surface area contributed by atoms with Crippen LogP contribution < -0.4 is 11.1 Å². The van der Waals surface area contributed by atoms with E-state index < -0.39 is 17.9 Å². The molecule has 1 rings (SSSR count). The highest BCUT2D eigenvalue weighted by Crippen LogP contribution is 2.04. The number of aliphatic hydroxyl groups is 1. The number of hydrogen-bond donors (Lipinski definition) is 3. The molecule has 6 nitrogen and oxygen atoms in total. The van der Waals surface area contributed by atoms with Crippen LogP contribution in [0.4, 0.5) is 0 Å². The van der Waals surface area contributed by atoms with Crippen LogP contribution in [0.15, 0.2) is 24.3 Å². The van der Waals surface area contributed by atoms with E-state index in [0.717, 1.165) is 11.1 Å². The number of carbonyl (C=O) groups is 2. The minimum Gasteiger partial charge on any atom is -0.464 e. The van der Waals surface area contributed by atoms with Crippen molar-refractivity contribution in [2.45, 2.75) is 26.1 Å². The minimum atomic E-state index is -1.31. The van der Waals surface area contributed by atoms with E-state index in [9.17, 15) is 9.59 Å². The number of benzene rings is 1. The summed E-state index contributed by atoms with van der Waals surface area (Å²) in [6, 6.07) is 5.76. The van der Waals surface area contributed by atoms with Crippen LogP contribution in [0, 0.1) is 0 Å². The SMILES string of the molecule is CCOC(=O)C(N)C(=O)NCc1ccc(CO)cc1. The first-order chi connectivity index (χ1) is 9.08. The molecule has 0 saturated carbocycles. The Kier molecular flexibility index (Phi) is 5.98. The Hall–Kier alpha value is -1.92. The van der Waals surface area contributed by atoms with Crippen LogP contribution in [-0.2, 0) is 27.5 Å². The Morgan fingerprint density at radius 3 is 2.42 bits per heavy atom. The van der Waals surface area contributed by atoms with Gasteiger partial charge in [-0.25, -0.2) is 4.79 Å². The average Bonchev–Trinajstić information content (AvgIpc) is 2.44. The van der Waals surface area contributed by atoms with E-state index in [2.05, 4.69) is 10.1 Å². The van der Waals surface area contributed by atoms with Crippen LogP contribution in [-0.4, -0.2) is 29.6 Å². The second-order valence-corrected chi connectivity index (χ2v) is 3.92. The smallest absolute Gasteiger partial charge is 0.332 e. The lowest BCUT2D eigenvalue weighted by Gasteiger charge is -2.11. The van der Waals surface area contributed by atoms with E-state index in [1.165, 1.54) is 0 Å². The molecule has 6 heteroatoms. The summed E-state index contributed by atoms with van der Waals surface area (Å²) in [6.45, 7) is 2.06. The third-order valence-electron chi connectivity index (χ3n) is 2.50. The van der Waals surface area contributed by atoms with Gasteiger partial charge >= 0.3 is 5.97 Å². The molecule has 0 radical (unpaired) electrons. The highest BCUT2D eigenvalue weighted by molar-refractivity contribution is 6.01. The molecule has 19 heavy (non-hydrogen) atoms. The number of carbonyl (C=O) groups excluding carboxylic acids is 2. The van der Waals surface area contributed by atoms with Crippen molar-refractivity contribution >= 4 is 11.9 Å². The number of nitrogens with one attached hydrogen (secondary N) is 1. The molecule has 1 unspecified atom stereocenters. The predicted molar refractivity (Wildman–Crippen MR) is 68.8 cm³/mol. The Bertz CT molecular complexity index is 431. The number of esters is 1. The van der Waals surface area contributed by atoms with Crippen molar-refractivity contribution in [3.63, 3.8) is 0 Å². The third kappa shape index (κ3) is 4.69. The van der Waals surface area contributed by atoms with Gasteiger partial charge in [-0.2, -0.15) is 0 Å². The first kappa shape index (κ1) is 15.1. The second kappa shape index (κ2) is 7.50. The van der Waals surface area contributed by atoms with Crippen LogP contribution in [0.25, 0.3) is 0 Å². The number of rotatable bonds is 6. The average molecular weight is 266 g/mol. The van der Waals surface area contributed by atoms with E-state index in [1.54, 1.807) is 31.2 Å². The van der Waals surface area contributed by atoms with Gasteiger partial charge in [0.05, 0.1) is 13.2 Å². The quantitative estimate of drug-likeness (QED) is 0.484. The van der Waals surface area contributed by atoms with E-state index in [-0.39, 0.29) is 19.8 Å². The number of hydrogen-bond acceptors (Lipinski definition) is 5. The fourth-order valence-electron chi connectivity index (χ4n) is 1.40. The van der Waals surface area contributed by atoms with Crippen LogP contribution in [0.2, 0.25) is 0 Å². The van der Waals surface area contributed by atoms with Crippen molar-refractivity contribution in [3.8, 4) is 0 Å². The fraction of sp³-hybridized carbons (Fsp3) is 0.385. The number of aliphatic hydroxyl groups excluding tert-OH is 1. The normalized spacial score (nSPS) is 11.7. The van der Waals surface area contributed by atoms with E-state index >= 15 is 0 Å². The van der Waals surface area contributed by atoms with E-state index in [1.807, 2.05) is 0 Å². The molecule has 1 aromatic carbocycles. The first-order valence-electron chi connectivity index (χ1n) is 5.97. The number of amides is 1. The zero-order valence-corrected chi connectivity index (χ0v) is 10.8. The molecular formula is C13H18N2O4. The van der Waals surface area contributed by atoms with Gasteiger partial charge in [0.1, 0.15) is 0 Å². The molecule has 1 atom stereocenters. The van der Waals surface area contributed by atoms with Crippen molar-refractivity contribution in [2.24, 2.45) is 5.73 Å². The lowest BCUT2D eigenvalue weighted by Crippen LogP contribution is -2.46. The molecule has 0 aliphatic heterocycles. The van der Waals surface area contributed by atoms with Gasteiger partial charge in [-0.15, -0.1) is 0 Å². The van der Waals surface area contributed by atoms with Gasteiger partial charge in [0.15, 0.2) is 6.04 Å². The summed E-state index contributed by atoms with van der Waals surface area (Å²) >= 11 is 0. The molecule has 4 N–H and O–H groups in total. The molecule has 0 fully saturated rings. The van der Waals surface area contributed by atoms with Gasteiger partial charge in [-0.05, 0) is 18.1 Å². The molecule has 1 amide bonds. The van der Waals surface area contributed by atoms with Gasteiger partial charge in [0, 0.05) is 6.54 Å². The zero-order chi connectivity index (χ0) is 14.3. The molecule has 0 aliphatic carbocycles. The largest absolute Gasteiger partial charge is 0.464 e. The Morgan fingerprint density at radius 1 is 1.32 bits per heavy atom.